The molecule has 0 fully saturated rings. The third-order valence-electron chi connectivity index (χ3n) is 7.13. The standard InChI is InChI=1S/C30H53N11O10/c1-21(42)37(11-6-31)17-27(48)34-8-13-39(23(3)44)19-29(50)36-10-15-41(25(5)46)20-30(51)35-9-14-40(24(4)45)18-28(49)33-7-12-38(22(2)43)16-26(32)47/h6-20,31H2,1-5H3,(H2,32,47)(H,33,49)(H,34,48)(H,35,51)(H,36,50). The van der Waals surface area contributed by atoms with Gasteiger partial charge in [0.05, 0.1) is 32.7 Å². The average Bonchev–Trinajstić information content (AvgIpc) is 3.02. The molecule has 0 aliphatic carbocycles. The van der Waals surface area contributed by atoms with Crippen LogP contribution in [0.15, 0.2) is 0 Å². The third-order valence-corrected chi connectivity index (χ3v) is 7.13. The van der Waals surface area contributed by atoms with Crippen LogP contribution in [-0.2, 0) is 47.9 Å². The highest BCUT2D eigenvalue weighted by Crippen LogP contribution is 1.94. The molecule has 288 valence electrons. The Morgan fingerprint density at radius 3 is 0.804 bits per heavy atom. The van der Waals surface area contributed by atoms with Gasteiger partial charge in [0.15, 0.2) is 0 Å². The van der Waals surface area contributed by atoms with Crippen molar-refractivity contribution < 1.29 is 47.9 Å². The molecule has 0 saturated heterocycles. The Kier molecular flexibility index (Phi) is 22.1. The van der Waals surface area contributed by atoms with Gasteiger partial charge in [0.1, 0.15) is 0 Å². The van der Waals surface area contributed by atoms with Crippen LogP contribution in [0.4, 0.5) is 0 Å². The smallest absolute Gasteiger partial charge is 0.239 e. The summed E-state index contributed by atoms with van der Waals surface area (Å²) in [5.41, 5.74) is 10.6. The highest BCUT2D eigenvalue weighted by Gasteiger charge is 2.19. The molecule has 0 aliphatic heterocycles. The Bertz CT molecular complexity index is 1260. The zero-order valence-electron chi connectivity index (χ0n) is 30.1. The Balaban J connectivity index is 4.70. The van der Waals surface area contributed by atoms with E-state index in [2.05, 4.69) is 21.3 Å². The molecular weight excluding hydrogens is 674 g/mol. The van der Waals surface area contributed by atoms with E-state index in [9.17, 15) is 47.9 Å². The van der Waals surface area contributed by atoms with Crippen LogP contribution in [0.5, 0.6) is 0 Å². The maximum absolute atomic E-state index is 12.5. The number of nitrogens with one attached hydrogen (secondary N) is 4. The van der Waals surface area contributed by atoms with Gasteiger partial charge >= 0.3 is 0 Å². The zero-order chi connectivity index (χ0) is 39.1. The van der Waals surface area contributed by atoms with E-state index in [1.807, 2.05) is 0 Å². The van der Waals surface area contributed by atoms with E-state index < -0.39 is 53.2 Å². The van der Waals surface area contributed by atoms with Gasteiger partial charge < -0.3 is 57.2 Å². The van der Waals surface area contributed by atoms with Gasteiger partial charge in [-0.25, -0.2) is 0 Å². The number of nitrogens with zero attached hydrogens (tertiary/aromatic N) is 5. The lowest BCUT2D eigenvalue weighted by atomic mass is 10.3. The number of carbonyl (C=O) groups excluding carboxylic acids is 10. The van der Waals surface area contributed by atoms with Gasteiger partial charge in [0.2, 0.25) is 59.1 Å². The van der Waals surface area contributed by atoms with E-state index in [-0.39, 0.29) is 104 Å². The number of primary amides is 1. The fourth-order valence-corrected chi connectivity index (χ4v) is 4.32. The van der Waals surface area contributed by atoms with Crippen LogP contribution >= 0.6 is 0 Å². The van der Waals surface area contributed by atoms with Crippen molar-refractivity contribution in [3.8, 4) is 0 Å². The predicted octanol–water partition coefficient (Wildman–Crippen LogP) is -5.86. The average molecular weight is 728 g/mol. The van der Waals surface area contributed by atoms with E-state index >= 15 is 0 Å². The van der Waals surface area contributed by atoms with Crippen molar-refractivity contribution in [3.63, 3.8) is 0 Å². The Hall–Kier alpha value is -5.34. The van der Waals surface area contributed by atoms with Crippen molar-refractivity contribution in [2.75, 3.05) is 98.2 Å². The van der Waals surface area contributed by atoms with Crippen molar-refractivity contribution in [3.05, 3.63) is 0 Å². The van der Waals surface area contributed by atoms with Crippen molar-refractivity contribution in [2.24, 2.45) is 11.5 Å². The Morgan fingerprint density at radius 1 is 0.392 bits per heavy atom. The SMILES string of the molecule is CC(=O)N(CCNC(=O)CN(CCNC(=O)CN(CCNC(=O)CN(CCNC(=O)CN(CCN)C(C)=O)C(C)=O)C(C)=O)C(C)=O)CC(N)=O. The van der Waals surface area contributed by atoms with Crippen LogP contribution in [-0.4, -0.2) is 182 Å². The van der Waals surface area contributed by atoms with E-state index in [1.54, 1.807) is 0 Å². The fourth-order valence-electron chi connectivity index (χ4n) is 4.32. The van der Waals surface area contributed by atoms with Gasteiger partial charge in [0.25, 0.3) is 0 Å². The van der Waals surface area contributed by atoms with Crippen LogP contribution in [0.25, 0.3) is 0 Å². The summed E-state index contributed by atoms with van der Waals surface area (Å²) in [6.07, 6.45) is 0. The first-order chi connectivity index (χ1) is 23.9. The molecule has 0 unspecified atom stereocenters. The fraction of sp³-hybridized carbons (Fsp3) is 0.667. The summed E-state index contributed by atoms with van der Waals surface area (Å²) in [7, 11) is 0. The number of hydrogen-bond donors (Lipinski definition) is 6. The minimum Gasteiger partial charge on any atom is -0.368 e. The van der Waals surface area contributed by atoms with Crippen molar-refractivity contribution in [1.29, 1.82) is 0 Å². The molecule has 51 heavy (non-hydrogen) atoms. The topological polar surface area (TPSA) is 287 Å². The molecule has 0 aromatic rings. The lowest BCUT2D eigenvalue weighted by molar-refractivity contribution is -0.136. The van der Waals surface area contributed by atoms with Crippen LogP contribution in [0, 0.1) is 0 Å². The van der Waals surface area contributed by atoms with Crippen LogP contribution in [0.1, 0.15) is 34.6 Å². The van der Waals surface area contributed by atoms with Crippen molar-refractivity contribution >= 4 is 59.1 Å². The summed E-state index contributed by atoms with van der Waals surface area (Å²) < 4.78 is 0. The molecule has 21 heteroatoms. The molecule has 0 rings (SSSR count). The highest BCUT2D eigenvalue weighted by molar-refractivity contribution is 5.86. The van der Waals surface area contributed by atoms with Crippen LogP contribution in [0.3, 0.4) is 0 Å². The quantitative estimate of drug-likeness (QED) is 0.0544. The summed E-state index contributed by atoms with van der Waals surface area (Å²) in [4.78, 5) is 126. The van der Waals surface area contributed by atoms with E-state index in [4.69, 9.17) is 11.5 Å². The normalized spacial score (nSPS) is 10.2. The summed E-state index contributed by atoms with van der Waals surface area (Å²) in [5, 5.41) is 10.3. The van der Waals surface area contributed by atoms with Gasteiger partial charge in [0, 0.05) is 100 Å². The van der Waals surface area contributed by atoms with Gasteiger partial charge in [-0.2, -0.15) is 0 Å². The summed E-state index contributed by atoms with van der Waals surface area (Å²) in [5.74, 6) is -4.79. The molecule has 10 amide bonds. The zero-order valence-corrected chi connectivity index (χ0v) is 30.1. The first-order valence-corrected chi connectivity index (χ1v) is 16.2. The second kappa shape index (κ2) is 24.7. The molecule has 0 radical (unpaired) electrons. The molecule has 0 aliphatic rings. The first kappa shape index (κ1) is 45.7. The molecule has 8 N–H and O–H groups in total. The Labute approximate surface area is 297 Å². The highest BCUT2D eigenvalue weighted by atomic mass is 16.2. The molecule has 0 saturated carbocycles. The molecule has 0 aromatic heterocycles. The lowest BCUT2D eigenvalue weighted by Crippen LogP contribution is -2.48. The molecule has 0 heterocycles. The molecular formula is C30H53N11O10. The second-order valence-corrected chi connectivity index (χ2v) is 11.4. The predicted molar refractivity (Wildman–Crippen MR) is 182 cm³/mol. The number of rotatable bonds is 24. The maximum Gasteiger partial charge on any atom is 0.239 e. The monoisotopic (exact) mass is 727 g/mol. The molecule has 21 nitrogen and oxygen atoms in total. The van der Waals surface area contributed by atoms with E-state index in [0.29, 0.717) is 0 Å². The van der Waals surface area contributed by atoms with Gasteiger partial charge in [-0.1, -0.05) is 0 Å². The van der Waals surface area contributed by atoms with Crippen LogP contribution < -0.4 is 32.7 Å². The third kappa shape index (κ3) is 21.4. The molecule has 0 spiro atoms. The van der Waals surface area contributed by atoms with Gasteiger partial charge in [-0.05, 0) is 0 Å². The van der Waals surface area contributed by atoms with E-state index in [0.717, 1.165) is 4.90 Å². The van der Waals surface area contributed by atoms with Crippen molar-refractivity contribution in [1.82, 2.24) is 45.8 Å². The maximum atomic E-state index is 12.5. The number of nitrogens with two attached hydrogens (primary N) is 2. The number of hydrogen-bond acceptors (Lipinski definition) is 11. The van der Waals surface area contributed by atoms with Crippen LogP contribution in [0.2, 0.25) is 0 Å². The van der Waals surface area contributed by atoms with Gasteiger partial charge in [-0.15, -0.1) is 0 Å². The molecule has 0 atom stereocenters. The van der Waals surface area contributed by atoms with Crippen molar-refractivity contribution in [2.45, 2.75) is 34.6 Å². The first-order valence-electron chi connectivity index (χ1n) is 16.2. The second-order valence-electron chi connectivity index (χ2n) is 11.4. The number of amides is 10. The lowest BCUT2D eigenvalue weighted by Gasteiger charge is -2.24. The summed E-state index contributed by atoms with van der Waals surface area (Å²) >= 11 is 0. The summed E-state index contributed by atoms with van der Waals surface area (Å²) in [6, 6.07) is 0. The summed E-state index contributed by atoms with van der Waals surface area (Å²) in [6.45, 7) is 5.22. The minimum atomic E-state index is -0.704. The van der Waals surface area contributed by atoms with E-state index in [1.165, 1.54) is 54.2 Å². The molecule has 0 aromatic carbocycles. The largest absolute Gasteiger partial charge is 0.368 e. The minimum absolute atomic E-state index is 0.0174. The number of carbonyl (C=O) groups is 10. The Morgan fingerprint density at radius 2 is 0.608 bits per heavy atom. The molecule has 0 bridgehead atoms. The van der Waals surface area contributed by atoms with Gasteiger partial charge in [-0.3, -0.25) is 47.9 Å².